The molecule has 3 amide bonds. The van der Waals surface area contributed by atoms with Gasteiger partial charge >= 0.3 is 12.0 Å². The van der Waals surface area contributed by atoms with E-state index in [2.05, 4.69) is 10.6 Å². The standard InChI is InChI=1S/C17H23ClN2O6/c1-5-25-15-12(18)6-11(7-13(15)24-4)16(22)26-9-14(21)20-17(23)19-8-10(2)3/h6-7,10H,5,8-9H2,1-4H3,(H2,19,20,21,23). The van der Waals surface area contributed by atoms with Gasteiger partial charge in [-0.1, -0.05) is 25.4 Å². The number of imide groups is 1. The molecule has 2 N–H and O–H groups in total. The summed E-state index contributed by atoms with van der Waals surface area (Å²) in [5.41, 5.74) is 0.0902. The lowest BCUT2D eigenvalue weighted by molar-refractivity contribution is -0.123. The van der Waals surface area contributed by atoms with Crippen LogP contribution in [0.4, 0.5) is 4.79 Å². The highest BCUT2D eigenvalue weighted by atomic mass is 35.5. The van der Waals surface area contributed by atoms with Gasteiger partial charge in [-0.2, -0.15) is 0 Å². The second kappa shape index (κ2) is 10.5. The zero-order chi connectivity index (χ0) is 19.7. The highest BCUT2D eigenvalue weighted by molar-refractivity contribution is 6.32. The van der Waals surface area contributed by atoms with Gasteiger partial charge in [-0.3, -0.25) is 10.1 Å². The molecule has 0 fully saturated rings. The Kier molecular flexibility index (Phi) is 8.71. The first-order valence-corrected chi connectivity index (χ1v) is 8.41. The number of esters is 1. The van der Waals surface area contributed by atoms with E-state index in [1.54, 1.807) is 6.92 Å². The van der Waals surface area contributed by atoms with Gasteiger partial charge in [-0.15, -0.1) is 0 Å². The van der Waals surface area contributed by atoms with E-state index in [1.807, 2.05) is 13.8 Å². The number of methoxy groups -OCH3 is 1. The lowest BCUT2D eigenvalue weighted by Gasteiger charge is -2.13. The third kappa shape index (κ3) is 6.79. The molecule has 0 heterocycles. The minimum Gasteiger partial charge on any atom is -0.493 e. The fourth-order valence-electron chi connectivity index (χ4n) is 1.84. The quantitative estimate of drug-likeness (QED) is 0.665. The summed E-state index contributed by atoms with van der Waals surface area (Å²) in [6.45, 7) is 5.80. The number of amides is 3. The topological polar surface area (TPSA) is 103 Å². The first-order chi connectivity index (χ1) is 12.3. The number of urea groups is 1. The second-order valence-electron chi connectivity index (χ2n) is 5.65. The fraction of sp³-hybridized carbons (Fsp3) is 0.471. The van der Waals surface area contributed by atoms with E-state index in [9.17, 15) is 14.4 Å². The molecule has 0 aliphatic heterocycles. The Hall–Kier alpha value is -2.48. The van der Waals surface area contributed by atoms with Crippen LogP contribution in [0.25, 0.3) is 0 Å². The molecule has 0 unspecified atom stereocenters. The van der Waals surface area contributed by atoms with Crippen LogP contribution >= 0.6 is 11.6 Å². The molecule has 0 aliphatic carbocycles. The lowest BCUT2D eigenvalue weighted by Crippen LogP contribution is -2.42. The van der Waals surface area contributed by atoms with Gasteiger partial charge in [-0.25, -0.2) is 9.59 Å². The number of halogens is 1. The third-order valence-electron chi connectivity index (χ3n) is 3.01. The molecule has 9 heteroatoms. The Balaban J connectivity index is 2.64. The number of benzene rings is 1. The molecular weight excluding hydrogens is 364 g/mol. The zero-order valence-corrected chi connectivity index (χ0v) is 15.9. The molecule has 1 rings (SSSR count). The van der Waals surface area contributed by atoms with Crippen molar-refractivity contribution in [3.63, 3.8) is 0 Å². The van der Waals surface area contributed by atoms with Crippen LogP contribution in [-0.2, 0) is 9.53 Å². The maximum Gasteiger partial charge on any atom is 0.338 e. The van der Waals surface area contributed by atoms with Gasteiger partial charge < -0.3 is 19.5 Å². The summed E-state index contributed by atoms with van der Waals surface area (Å²) in [4.78, 5) is 35.2. The molecule has 0 atom stereocenters. The van der Waals surface area contributed by atoms with E-state index < -0.39 is 24.5 Å². The van der Waals surface area contributed by atoms with E-state index in [0.29, 0.717) is 18.9 Å². The van der Waals surface area contributed by atoms with E-state index in [4.69, 9.17) is 25.8 Å². The first-order valence-electron chi connectivity index (χ1n) is 8.03. The minimum atomic E-state index is -0.786. The summed E-state index contributed by atoms with van der Waals surface area (Å²) < 4.78 is 15.4. The average molecular weight is 387 g/mol. The van der Waals surface area contributed by atoms with Crippen LogP contribution in [-0.4, -0.2) is 44.8 Å². The SMILES string of the molecule is CCOc1c(Cl)cc(C(=O)OCC(=O)NC(=O)NCC(C)C)cc1OC. The van der Waals surface area contributed by atoms with Crippen LogP contribution in [0.3, 0.4) is 0 Å². The second-order valence-corrected chi connectivity index (χ2v) is 6.06. The summed E-state index contributed by atoms with van der Waals surface area (Å²) in [6.07, 6.45) is 0. The van der Waals surface area contributed by atoms with Crippen molar-refractivity contribution in [3.8, 4) is 11.5 Å². The molecule has 0 saturated heterocycles. The van der Waals surface area contributed by atoms with Crippen molar-refractivity contribution in [1.82, 2.24) is 10.6 Å². The Morgan fingerprint density at radius 3 is 2.50 bits per heavy atom. The molecule has 26 heavy (non-hydrogen) atoms. The van der Waals surface area contributed by atoms with Gasteiger partial charge in [-0.05, 0) is 25.0 Å². The highest BCUT2D eigenvalue weighted by Gasteiger charge is 2.18. The van der Waals surface area contributed by atoms with Crippen molar-refractivity contribution < 1.29 is 28.6 Å². The molecule has 144 valence electrons. The van der Waals surface area contributed by atoms with Crippen molar-refractivity contribution in [2.75, 3.05) is 26.9 Å². The van der Waals surface area contributed by atoms with E-state index in [0.717, 1.165) is 0 Å². The monoisotopic (exact) mass is 386 g/mol. The number of hydrogen-bond donors (Lipinski definition) is 2. The minimum absolute atomic E-state index is 0.0902. The average Bonchev–Trinajstić information content (AvgIpc) is 2.59. The summed E-state index contributed by atoms with van der Waals surface area (Å²) in [6, 6.07) is 2.10. The Morgan fingerprint density at radius 2 is 1.92 bits per heavy atom. The van der Waals surface area contributed by atoms with Gasteiger partial charge in [0.1, 0.15) is 0 Å². The van der Waals surface area contributed by atoms with Crippen molar-refractivity contribution in [2.45, 2.75) is 20.8 Å². The van der Waals surface area contributed by atoms with Crippen LogP contribution in [0.1, 0.15) is 31.1 Å². The van der Waals surface area contributed by atoms with Crippen LogP contribution in [0, 0.1) is 5.92 Å². The fourth-order valence-corrected chi connectivity index (χ4v) is 2.11. The summed E-state index contributed by atoms with van der Waals surface area (Å²) in [7, 11) is 1.41. The van der Waals surface area contributed by atoms with Crippen LogP contribution in [0.2, 0.25) is 5.02 Å². The Bertz CT molecular complexity index is 663. The molecule has 0 aliphatic rings. The van der Waals surface area contributed by atoms with Gasteiger partial charge in [0.05, 0.1) is 24.3 Å². The van der Waals surface area contributed by atoms with Gasteiger partial charge in [0.2, 0.25) is 0 Å². The summed E-state index contributed by atoms with van der Waals surface area (Å²) in [5.74, 6) is -0.709. The summed E-state index contributed by atoms with van der Waals surface area (Å²) >= 11 is 6.08. The number of nitrogens with one attached hydrogen (secondary N) is 2. The highest BCUT2D eigenvalue weighted by Crippen LogP contribution is 2.36. The Morgan fingerprint density at radius 1 is 1.23 bits per heavy atom. The van der Waals surface area contributed by atoms with Crippen LogP contribution < -0.4 is 20.1 Å². The molecule has 0 spiro atoms. The first kappa shape index (κ1) is 21.6. The van der Waals surface area contributed by atoms with E-state index in [1.165, 1.54) is 19.2 Å². The number of carbonyl (C=O) groups excluding carboxylic acids is 3. The van der Waals surface area contributed by atoms with Gasteiger partial charge in [0.15, 0.2) is 18.1 Å². The predicted octanol–water partition coefficient (Wildman–Crippen LogP) is 2.39. The van der Waals surface area contributed by atoms with Crippen LogP contribution in [0.15, 0.2) is 12.1 Å². The Labute approximate surface area is 157 Å². The molecule has 1 aromatic rings. The van der Waals surface area contributed by atoms with E-state index >= 15 is 0 Å². The normalized spacial score (nSPS) is 10.2. The number of ether oxygens (including phenoxy) is 3. The van der Waals surface area contributed by atoms with Crippen molar-refractivity contribution in [1.29, 1.82) is 0 Å². The predicted molar refractivity (Wildman–Crippen MR) is 95.8 cm³/mol. The molecule has 8 nitrogen and oxygen atoms in total. The van der Waals surface area contributed by atoms with Crippen LogP contribution in [0.5, 0.6) is 11.5 Å². The molecule has 0 bridgehead atoms. The number of rotatable bonds is 8. The largest absolute Gasteiger partial charge is 0.493 e. The van der Waals surface area contributed by atoms with Crippen molar-refractivity contribution in [3.05, 3.63) is 22.7 Å². The maximum absolute atomic E-state index is 12.1. The lowest BCUT2D eigenvalue weighted by atomic mass is 10.2. The number of hydrogen-bond acceptors (Lipinski definition) is 6. The molecule has 0 saturated carbocycles. The van der Waals surface area contributed by atoms with Crippen molar-refractivity contribution in [2.24, 2.45) is 5.92 Å². The molecular formula is C17H23ClN2O6. The van der Waals surface area contributed by atoms with Crippen molar-refractivity contribution >= 4 is 29.5 Å². The molecule has 0 radical (unpaired) electrons. The zero-order valence-electron chi connectivity index (χ0n) is 15.2. The van der Waals surface area contributed by atoms with Gasteiger partial charge in [0.25, 0.3) is 5.91 Å². The molecule has 1 aromatic carbocycles. The van der Waals surface area contributed by atoms with Gasteiger partial charge in [0, 0.05) is 6.54 Å². The van der Waals surface area contributed by atoms with E-state index in [-0.39, 0.29) is 22.3 Å². The summed E-state index contributed by atoms with van der Waals surface area (Å²) in [5, 5.41) is 4.76. The number of carbonyl (C=O) groups is 3. The maximum atomic E-state index is 12.1. The third-order valence-corrected chi connectivity index (χ3v) is 3.29. The molecule has 0 aromatic heterocycles. The smallest absolute Gasteiger partial charge is 0.338 e.